The number of aryl methyl sites for hydroxylation is 1. The smallest absolute Gasteiger partial charge is 0.310 e. The number of anilines is 2. The molecule has 6 heteroatoms. The molecule has 0 radical (unpaired) electrons. The monoisotopic (exact) mass is 584 g/mol. The number of carboxylic acids is 1. The molecule has 43 heavy (non-hydrogen) atoms. The third-order valence-electron chi connectivity index (χ3n) is 11.2. The average Bonchev–Trinajstić information content (AvgIpc) is 3.53. The molecule has 4 N–H and O–H groups in total. The van der Waals surface area contributed by atoms with Gasteiger partial charge in [0.15, 0.2) is 0 Å². The van der Waals surface area contributed by atoms with Gasteiger partial charge in [-0.25, -0.2) is 0 Å². The number of piperidine rings is 1. The summed E-state index contributed by atoms with van der Waals surface area (Å²) in [7, 11) is 1.85. The number of carbonyl (C=O) groups is 1. The maximum absolute atomic E-state index is 12.6. The second-order valence-corrected chi connectivity index (χ2v) is 14.1. The highest BCUT2D eigenvalue weighted by Gasteiger charge is 2.73. The fourth-order valence-electron chi connectivity index (χ4n) is 8.28. The van der Waals surface area contributed by atoms with E-state index in [-0.39, 0.29) is 5.92 Å². The maximum atomic E-state index is 12.6. The first-order valence-electron chi connectivity index (χ1n) is 16.3. The van der Waals surface area contributed by atoms with E-state index in [1.807, 2.05) is 59.2 Å². The first kappa shape index (κ1) is 31.3. The van der Waals surface area contributed by atoms with Crippen molar-refractivity contribution in [2.45, 2.75) is 104 Å². The molecule has 1 spiro atoms. The second-order valence-electron chi connectivity index (χ2n) is 14.1. The number of likely N-dealkylation sites (tertiary alicyclic amines) is 1. The van der Waals surface area contributed by atoms with Crippen molar-refractivity contribution >= 4 is 23.1 Å². The number of carboxylic acid groups (broad SMARTS) is 1. The maximum Gasteiger partial charge on any atom is 0.310 e. The summed E-state index contributed by atoms with van der Waals surface area (Å²) < 4.78 is 0. The molecule has 0 amide bonds. The van der Waals surface area contributed by atoms with Crippen molar-refractivity contribution in [3.63, 3.8) is 0 Å². The minimum Gasteiger partial charge on any atom is -0.481 e. The van der Waals surface area contributed by atoms with Crippen LogP contribution in [0, 0.1) is 31.1 Å². The number of rotatable bonds is 13. The number of nitrogens with zero attached hydrogens (tertiary/aromatic N) is 2. The SMILES string of the molecule is C/C=C\N=C(/CCC(C)Cc1cc(C(c2ccc(NC)c(N)c2C)C(C)(C)C(=O)O)ccc1C)CN1C2CCC3CCC321. The van der Waals surface area contributed by atoms with E-state index in [0.29, 0.717) is 17.1 Å². The van der Waals surface area contributed by atoms with Gasteiger partial charge in [0.05, 0.1) is 16.8 Å². The minimum atomic E-state index is -1.02. The normalized spacial score (nSPS) is 26.0. The van der Waals surface area contributed by atoms with Crippen LogP contribution in [0.3, 0.4) is 0 Å². The number of nitrogens with two attached hydrogens (primary N) is 1. The highest BCUT2D eigenvalue weighted by molar-refractivity contribution is 5.87. The number of benzene rings is 2. The van der Waals surface area contributed by atoms with Gasteiger partial charge in [-0.05, 0) is 125 Å². The zero-order valence-electron chi connectivity index (χ0n) is 27.3. The Kier molecular flexibility index (Phi) is 8.82. The van der Waals surface area contributed by atoms with Crippen molar-refractivity contribution in [1.82, 2.24) is 4.90 Å². The Morgan fingerprint density at radius 3 is 2.63 bits per heavy atom. The molecule has 232 valence electrons. The van der Waals surface area contributed by atoms with Gasteiger partial charge < -0.3 is 16.2 Å². The van der Waals surface area contributed by atoms with E-state index in [4.69, 9.17) is 10.7 Å². The number of aliphatic imine (C=N–C) groups is 1. The van der Waals surface area contributed by atoms with Gasteiger partial charge in [0.2, 0.25) is 0 Å². The summed E-state index contributed by atoms with van der Waals surface area (Å²) >= 11 is 0. The van der Waals surface area contributed by atoms with Gasteiger partial charge in [0.1, 0.15) is 0 Å². The van der Waals surface area contributed by atoms with Crippen molar-refractivity contribution in [3.8, 4) is 0 Å². The number of allylic oxidation sites excluding steroid dienone is 1. The molecule has 1 aliphatic heterocycles. The Hall–Kier alpha value is -3.12. The first-order chi connectivity index (χ1) is 20.4. The number of nitrogens with one attached hydrogen (secondary N) is 1. The van der Waals surface area contributed by atoms with E-state index in [9.17, 15) is 9.90 Å². The van der Waals surface area contributed by atoms with Crippen LogP contribution >= 0.6 is 0 Å². The van der Waals surface area contributed by atoms with Crippen LogP contribution < -0.4 is 11.1 Å². The molecule has 5 rings (SSSR count). The summed E-state index contributed by atoms with van der Waals surface area (Å²) in [5, 5.41) is 13.5. The molecule has 3 aliphatic rings. The van der Waals surface area contributed by atoms with Gasteiger partial charge in [-0.15, -0.1) is 0 Å². The van der Waals surface area contributed by atoms with Gasteiger partial charge >= 0.3 is 5.97 Å². The van der Waals surface area contributed by atoms with Gasteiger partial charge in [-0.1, -0.05) is 37.3 Å². The molecule has 2 aliphatic carbocycles. The summed E-state index contributed by atoms with van der Waals surface area (Å²) in [6, 6.07) is 11.3. The topological polar surface area (TPSA) is 90.7 Å². The lowest BCUT2D eigenvalue weighted by atomic mass is 9.69. The molecule has 6 nitrogen and oxygen atoms in total. The van der Waals surface area contributed by atoms with E-state index in [2.05, 4.69) is 42.3 Å². The molecule has 2 saturated carbocycles. The zero-order chi connectivity index (χ0) is 31.1. The lowest BCUT2D eigenvalue weighted by Gasteiger charge is -2.36. The van der Waals surface area contributed by atoms with Crippen molar-refractivity contribution in [1.29, 1.82) is 0 Å². The molecule has 0 bridgehead atoms. The molecule has 1 heterocycles. The molecular formula is C37H52N4O2. The summed E-state index contributed by atoms with van der Waals surface area (Å²) in [6.45, 7) is 13.2. The third kappa shape index (κ3) is 5.63. The van der Waals surface area contributed by atoms with E-state index in [0.717, 1.165) is 60.1 Å². The number of aliphatic carboxylic acids is 1. The van der Waals surface area contributed by atoms with Crippen molar-refractivity contribution < 1.29 is 9.90 Å². The second kappa shape index (κ2) is 12.1. The molecule has 3 fully saturated rings. The molecule has 1 saturated heterocycles. The van der Waals surface area contributed by atoms with E-state index < -0.39 is 11.4 Å². The van der Waals surface area contributed by atoms with Gasteiger partial charge in [-0.2, -0.15) is 0 Å². The van der Waals surface area contributed by atoms with Crippen LogP contribution in [0.25, 0.3) is 0 Å². The number of nitrogen functional groups attached to an aromatic ring is 1. The lowest BCUT2D eigenvalue weighted by molar-refractivity contribution is -0.147. The Balaban J connectivity index is 1.33. The average molecular weight is 585 g/mol. The van der Waals surface area contributed by atoms with Crippen LogP contribution in [-0.2, 0) is 11.2 Å². The summed E-state index contributed by atoms with van der Waals surface area (Å²) in [4.78, 5) is 20.3. The van der Waals surface area contributed by atoms with Gasteiger partial charge in [0.25, 0.3) is 0 Å². The lowest BCUT2D eigenvalue weighted by Crippen LogP contribution is -2.38. The van der Waals surface area contributed by atoms with E-state index in [1.165, 1.54) is 42.5 Å². The van der Waals surface area contributed by atoms with Crippen LogP contribution in [0.15, 0.2) is 47.6 Å². The summed E-state index contributed by atoms with van der Waals surface area (Å²) in [6.07, 6.45) is 12.6. The van der Waals surface area contributed by atoms with Crippen LogP contribution in [-0.4, -0.2) is 46.9 Å². The van der Waals surface area contributed by atoms with E-state index in [1.54, 1.807) is 0 Å². The van der Waals surface area contributed by atoms with E-state index >= 15 is 0 Å². The van der Waals surface area contributed by atoms with Crippen LogP contribution in [0.2, 0.25) is 0 Å². The fourth-order valence-corrected chi connectivity index (χ4v) is 8.28. The van der Waals surface area contributed by atoms with Crippen molar-refractivity contribution in [2.24, 2.45) is 22.2 Å². The zero-order valence-corrected chi connectivity index (χ0v) is 27.3. The highest BCUT2D eigenvalue weighted by atomic mass is 16.4. The molecule has 0 aromatic heterocycles. The van der Waals surface area contributed by atoms with Gasteiger partial charge in [0, 0.05) is 43.0 Å². The van der Waals surface area contributed by atoms with Crippen LogP contribution in [0.5, 0.6) is 0 Å². The van der Waals surface area contributed by atoms with Crippen molar-refractivity contribution in [3.05, 3.63) is 70.4 Å². The molecular weight excluding hydrogens is 532 g/mol. The number of hydrogen-bond acceptors (Lipinski definition) is 5. The van der Waals surface area contributed by atoms with Crippen LogP contribution in [0.1, 0.15) is 100.0 Å². The Morgan fingerprint density at radius 1 is 1.23 bits per heavy atom. The van der Waals surface area contributed by atoms with Crippen LogP contribution in [0.4, 0.5) is 11.4 Å². The predicted molar refractivity (Wildman–Crippen MR) is 179 cm³/mol. The minimum absolute atomic E-state index is 0.339. The largest absolute Gasteiger partial charge is 0.481 e. The molecule has 2 aromatic rings. The van der Waals surface area contributed by atoms with Gasteiger partial charge in [-0.3, -0.25) is 14.7 Å². The fraction of sp³-hybridized carbons (Fsp3) is 0.568. The third-order valence-corrected chi connectivity index (χ3v) is 11.2. The Morgan fingerprint density at radius 2 is 2.00 bits per heavy atom. The standard InChI is InChI=1S/C37H52N4O2/c1-8-19-40-29(22-41-32-16-12-28-17-18-37(28,32)41)13-9-23(2)20-27-21-26(11-10-24(27)3)33(36(5,6)35(42)43)30-14-15-31(39-7)34(38)25(30)4/h8,10-11,14-15,19,21,23,28,32-33,39H,9,12-13,16-18,20,22,38H2,1-7H3,(H,42,43)/b19-8-,40-29+. The first-order valence-corrected chi connectivity index (χ1v) is 16.3. The highest BCUT2D eigenvalue weighted by Crippen LogP contribution is 2.66. The molecule has 6 atom stereocenters. The predicted octanol–water partition coefficient (Wildman–Crippen LogP) is 7.73. The molecule has 2 aromatic carbocycles. The summed E-state index contributed by atoms with van der Waals surface area (Å²) in [5.74, 6) is 0.256. The van der Waals surface area contributed by atoms with Crippen molar-refractivity contribution in [2.75, 3.05) is 24.6 Å². The number of hydrogen-bond donors (Lipinski definition) is 3. The quantitative estimate of drug-likeness (QED) is 0.127. The summed E-state index contributed by atoms with van der Waals surface area (Å²) in [5.41, 5.74) is 14.3. The molecule has 6 unspecified atom stereocenters. The Bertz CT molecular complexity index is 1430. The Labute approximate surface area is 258 Å².